The van der Waals surface area contributed by atoms with E-state index in [0.717, 1.165) is 0 Å². The van der Waals surface area contributed by atoms with Gasteiger partial charge in [0.05, 0.1) is 12.9 Å². The molecule has 0 fully saturated rings. The standard InChI is InChI=1S/C10H22N2O4S/c1-5-16-10(13)11-6-7-12(8-9(2)3)17(4,14)15/h9H,5-8H2,1-4H3,(H,11,13). The molecule has 1 amide bonds. The first-order valence-corrected chi connectivity index (χ1v) is 7.48. The molecule has 0 unspecified atom stereocenters. The number of nitrogens with zero attached hydrogens (tertiary/aromatic N) is 1. The number of alkyl carbamates (subject to hydrolysis) is 1. The van der Waals surface area contributed by atoms with Crippen LogP contribution >= 0.6 is 0 Å². The first-order valence-electron chi connectivity index (χ1n) is 5.63. The van der Waals surface area contributed by atoms with E-state index in [-0.39, 0.29) is 19.0 Å². The van der Waals surface area contributed by atoms with Crippen LogP contribution in [0.3, 0.4) is 0 Å². The van der Waals surface area contributed by atoms with Gasteiger partial charge in [-0.1, -0.05) is 13.8 Å². The van der Waals surface area contributed by atoms with E-state index in [1.54, 1.807) is 6.92 Å². The Balaban J connectivity index is 4.14. The van der Waals surface area contributed by atoms with E-state index in [1.807, 2.05) is 13.8 Å². The highest BCUT2D eigenvalue weighted by molar-refractivity contribution is 7.88. The van der Waals surface area contributed by atoms with Crippen molar-refractivity contribution in [3.8, 4) is 0 Å². The molecule has 17 heavy (non-hydrogen) atoms. The molecule has 0 aliphatic heterocycles. The molecule has 0 radical (unpaired) electrons. The largest absolute Gasteiger partial charge is 0.450 e. The molecule has 0 bridgehead atoms. The molecule has 1 N–H and O–H groups in total. The molecular formula is C10H22N2O4S. The minimum Gasteiger partial charge on any atom is -0.450 e. The number of nitrogens with one attached hydrogen (secondary N) is 1. The molecule has 0 rings (SSSR count). The lowest BCUT2D eigenvalue weighted by molar-refractivity contribution is 0.151. The van der Waals surface area contributed by atoms with Crippen molar-refractivity contribution in [2.45, 2.75) is 20.8 Å². The minimum atomic E-state index is -3.23. The third-order valence-electron chi connectivity index (χ3n) is 1.94. The lowest BCUT2D eigenvalue weighted by Crippen LogP contribution is -2.40. The number of hydrogen-bond donors (Lipinski definition) is 1. The van der Waals surface area contributed by atoms with Gasteiger partial charge in [-0.3, -0.25) is 0 Å². The number of carbonyl (C=O) groups is 1. The molecule has 0 heterocycles. The molecule has 0 aromatic heterocycles. The summed E-state index contributed by atoms with van der Waals surface area (Å²) in [7, 11) is -3.23. The van der Waals surface area contributed by atoms with E-state index < -0.39 is 16.1 Å². The van der Waals surface area contributed by atoms with Crippen molar-refractivity contribution in [2.75, 3.05) is 32.5 Å². The summed E-state index contributed by atoms with van der Waals surface area (Å²) in [6, 6.07) is 0. The van der Waals surface area contributed by atoms with Crippen molar-refractivity contribution >= 4 is 16.1 Å². The summed E-state index contributed by atoms with van der Waals surface area (Å²) >= 11 is 0. The van der Waals surface area contributed by atoms with Gasteiger partial charge in [0.15, 0.2) is 0 Å². The van der Waals surface area contributed by atoms with Crippen molar-refractivity contribution in [3.63, 3.8) is 0 Å². The lowest BCUT2D eigenvalue weighted by Gasteiger charge is -2.21. The average molecular weight is 266 g/mol. The molecule has 0 aromatic carbocycles. The van der Waals surface area contributed by atoms with Crippen LogP contribution in [0.15, 0.2) is 0 Å². The molecule has 6 nitrogen and oxygen atoms in total. The van der Waals surface area contributed by atoms with Crippen LogP contribution in [-0.2, 0) is 14.8 Å². The molecule has 102 valence electrons. The highest BCUT2D eigenvalue weighted by Gasteiger charge is 2.17. The van der Waals surface area contributed by atoms with Gasteiger partial charge in [-0.15, -0.1) is 0 Å². The number of carbonyl (C=O) groups excluding carboxylic acids is 1. The van der Waals surface area contributed by atoms with Gasteiger partial charge < -0.3 is 10.1 Å². The fraction of sp³-hybridized carbons (Fsp3) is 0.900. The van der Waals surface area contributed by atoms with E-state index in [1.165, 1.54) is 10.6 Å². The van der Waals surface area contributed by atoms with Gasteiger partial charge in [0.2, 0.25) is 10.0 Å². The van der Waals surface area contributed by atoms with Gasteiger partial charge in [-0.25, -0.2) is 17.5 Å². The second kappa shape index (κ2) is 7.50. The summed E-state index contributed by atoms with van der Waals surface area (Å²) in [6.07, 6.45) is 0.644. The molecule has 0 spiro atoms. The second-order valence-corrected chi connectivity index (χ2v) is 6.14. The number of rotatable bonds is 7. The Kier molecular flexibility index (Phi) is 7.13. The first kappa shape index (κ1) is 16.2. The predicted octanol–water partition coefficient (Wildman–Crippen LogP) is 0.650. The van der Waals surface area contributed by atoms with Crippen LogP contribution in [0.2, 0.25) is 0 Å². The van der Waals surface area contributed by atoms with Gasteiger partial charge in [0.1, 0.15) is 0 Å². The topological polar surface area (TPSA) is 75.7 Å². The Morgan fingerprint density at radius 3 is 2.41 bits per heavy atom. The zero-order valence-corrected chi connectivity index (χ0v) is 11.7. The molecule has 0 atom stereocenters. The molecular weight excluding hydrogens is 244 g/mol. The first-order chi connectivity index (χ1) is 7.77. The second-order valence-electron chi connectivity index (χ2n) is 4.16. The summed E-state index contributed by atoms with van der Waals surface area (Å²) in [4.78, 5) is 11.0. The maximum absolute atomic E-state index is 11.5. The molecule has 0 aliphatic carbocycles. The minimum absolute atomic E-state index is 0.243. The third-order valence-corrected chi connectivity index (χ3v) is 3.21. The normalized spacial score (nSPS) is 11.9. The zero-order chi connectivity index (χ0) is 13.5. The smallest absolute Gasteiger partial charge is 0.407 e. The Labute approximate surface area is 103 Å². The molecule has 0 saturated heterocycles. The van der Waals surface area contributed by atoms with E-state index in [9.17, 15) is 13.2 Å². The van der Waals surface area contributed by atoms with Gasteiger partial charge in [0, 0.05) is 19.6 Å². The lowest BCUT2D eigenvalue weighted by atomic mass is 10.2. The van der Waals surface area contributed by atoms with E-state index in [0.29, 0.717) is 13.2 Å². The van der Waals surface area contributed by atoms with Gasteiger partial charge >= 0.3 is 6.09 Å². The molecule has 0 aromatic rings. The summed E-state index contributed by atoms with van der Waals surface area (Å²) < 4.78 is 28.9. The number of ether oxygens (including phenoxy) is 1. The molecule has 0 saturated carbocycles. The fourth-order valence-electron chi connectivity index (χ4n) is 1.26. The fourth-order valence-corrected chi connectivity index (χ4v) is 2.26. The number of sulfonamides is 1. The summed E-state index contributed by atoms with van der Waals surface area (Å²) in [5.41, 5.74) is 0. The predicted molar refractivity (Wildman–Crippen MR) is 66.3 cm³/mol. The van der Waals surface area contributed by atoms with Crippen LogP contribution in [0.4, 0.5) is 4.79 Å². The van der Waals surface area contributed by atoms with Gasteiger partial charge in [-0.2, -0.15) is 0 Å². The maximum atomic E-state index is 11.5. The van der Waals surface area contributed by atoms with E-state index >= 15 is 0 Å². The Morgan fingerprint density at radius 2 is 2.00 bits per heavy atom. The van der Waals surface area contributed by atoms with Crippen LogP contribution < -0.4 is 5.32 Å². The highest BCUT2D eigenvalue weighted by atomic mass is 32.2. The quantitative estimate of drug-likeness (QED) is 0.734. The monoisotopic (exact) mass is 266 g/mol. The zero-order valence-electron chi connectivity index (χ0n) is 10.9. The van der Waals surface area contributed by atoms with Crippen LogP contribution in [0, 0.1) is 5.92 Å². The van der Waals surface area contributed by atoms with E-state index in [4.69, 9.17) is 0 Å². The average Bonchev–Trinajstić information content (AvgIpc) is 2.14. The van der Waals surface area contributed by atoms with E-state index in [2.05, 4.69) is 10.1 Å². The van der Waals surface area contributed by atoms with Crippen molar-refractivity contribution in [3.05, 3.63) is 0 Å². The summed E-state index contributed by atoms with van der Waals surface area (Å²) in [6.45, 7) is 6.85. The third kappa shape index (κ3) is 7.98. The van der Waals surface area contributed by atoms with Crippen molar-refractivity contribution < 1.29 is 17.9 Å². The Morgan fingerprint density at radius 1 is 1.41 bits per heavy atom. The van der Waals surface area contributed by atoms with Crippen LogP contribution in [0.1, 0.15) is 20.8 Å². The van der Waals surface area contributed by atoms with Crippen molar-refractivity contribution in [1.82, 2.24) is 9.62 Å². The summed E-state index contributed by atoms with van der Waals surface area (Å²) in [5.74, 6) is 0.243. The van der Waals surface area contributed by atoms with Gasteiger partial charge in [0.25, 0.3) is 0 Å². The number of amides is 1. The highest BCUT2D eigenvalue weighted by Crippen LogP contribution is 2.03. The van der Waals surface area contributed by atoms with Crippen LogP contribution in [0.25, 0.3) is 0 Å². The van der Waals surface area contributed by atoms with Gasteiger partial charge in [-0.05, 0) is 12.8 Å². The maximum Gasteiger partial charge on any atom is 0.407 e. The van der Waals surface area contributed by atoms with Crippen LogP contribution in [-0.4, -0.2) is 51.3 Å². The van der Waals surface area contributed by atoms with Crippen molar-refractivity contribution in [1.29, 1.82) is 0 Å². The van der Waals surface area contributed by atoms with Crippen molar-refractivity contribution in [2.24, 2.45) is 5.92 Å². The molecule has 0 aliphatic rings. The molecule has 7 heteroatoms. The Bertz CT molecular complexity index is 327. The SMILES string of the molecule is CCOC(=O)NCCN(CC(C)C)S(C)(=O)=O. The number of hydrogen-bond acceptors (Lipinski definition) is 4. The van der Waals surface area contributed by atoms with Crippen LogP contribution in [0.5, 0.6) is 0 Å². The summed E-state index contributed by atoms with van der Waals surface area (Å²) in [5, 5.41) is 2.49. The Hall–Kier alpha value is -0.820.